The van der Waals surface area contributed by atoms with Crippen molar-refractivity contribution in [3.63, 3.8) is 0 Å². The van der Waals surface area contributed by atoms with Gasteiger partial charge in [0, 0.05) is 16.7 Å². The van der Waals surface area contributed by atoms with Crippen molar-refractivity contribution in [3.8, 4) is 0 Å². The van der Waals surface area contributed by atoms with Crippen LogP contribution in [0, 0.1) is 0 Å². The molecular weight excluding hydrogens is 310 g/mol. The molecule has 0 N–H and O–H groups in total. The summed E-state index contributed by atoms with van der Waals surface area (Å²) in [5.74, 6) is -0.456. The lowest BCUT2D eigenvalue weighted by atomic mass is 10.2. The smallest absolute Gasteiger partial charge is 0.339 e. The molecule has 0 fully saturated rings. The number of nitrogens with zero attached hydrogens (tertiary/aromatic N) is 1. The summed E-state index contributed by atoms with van der Waals surface area (Å²) < 4.78 is 7.07. The van der Waals surface area contributed by atoms with E-state index in [1.807, 2.05) is 24.3 Å². The van der Waals surface area contributed by atoms with Crippen LogP contribution in [0.4, 0.5) is 0 Å². The molecule has 0 aliphatic rings. The molecule has 2 aromatic rings. The topological polar surface area (TPSA) is 48.3 Å². The average Bonchev–Trinajstić information content (AvgIpc) is 2.40. The average molecular weight is 322 g/mol. The Bertz CT molecular complexity index is 664. The SMILES string of the molecule is COC(=O)c1ccc(=O)n(Cc2cccc(Br)c2)c1. The summed E-state index contributed by atoms with van der Waals surface area (Å²) in [5, 5.41) is 0. The van der Waals surface area contributed by atoms with Gasteiger partial charge in [-0.25, -0.2) is 4.79 Å². The van der Waals surface area contributed by atoms with Crippen molar-refractivity contribution >= 4 is 21.9 Å². The molecule has 0 aliphatic heterocycles. The van der Waals surface area contributed by atoms with Gasteiger partial charge in [-0.1, -0.05) is 28.1 Å². The Kier molecular flexibility index (Phi) is 4.16. The largest absolute Gasteiger partial charge is 0.465 e. The number of rotatable bonds is 3. The van der Waals surface area contributed by atoms with E-state index in [-0.39, 0.29) is 5.56 Å². The van der Waals surface area contributed by atoms with Gasteiger partial charge in [0.2, 0.25) is 0 Å². The zero-order valence-corrected chi connectivity index (χ0v) is 11.9. The Balaban J connectivity index is 2.34. The molecule has 0 bridgehead atoms. The van der Waals surface area contributed by atoms with Gasteiger partial charge in [-0.05, 0) is 23.8 Å². The predicted molar refractivity (Wildman–Crippen MR) is 75.3 cm³/mol. The molecule has 0 saturated heterocycles. The van der Waals surface area contributed by atoms with Crippen molar-refractivity contribution in [3.05, 3.63) is 68.5 Å². The third-order valence-corrected chi connectivity index (χ3v) is 3.14. The monoisotopic (exact) mass is 321 g/mol. The van der Waals surface area contributed by atoms with Crippen molar-refractivity contribution in [2.75, 3.05) is 7.11 Å². The van der Waals surface area contributed by atoms with E-state index >= 15 is 0 Å². The molecule has 4 nitrogen and oxygen atoms in total. The van der Waals surface area contributed by atoms with E-state index in [0.717, 1.165) is 10.0 Å². The first-order valence-electron chi connectivity index (χ1n) is 5.63. The second kappa shape index (κ2) is 5.84. The first-order valence-corrected chi connectivity index (χ1v) is 6.42. The maximum atomic E-state index is 11.8. The summed E-state index contributed by atoms with van der Waals surface area (Å²) in [4.78, 5) is 23.2. The van der Waals surface area contributed by atoms with E-state index in [2.05, 4.69) is 20.7 Å². The Labute approximate surface area is 118 Å². The molecule has 0 saturated carbocycles. The molecule has 0 aliphatic carbocycles. The molecule has 1 heterocycles. The van der Waals surface area contributed by atoms with Crippen LogP contribution >= 0.6 is 15.9 Å². The molecule has 1 aromatic carbocycles. The number of esters is 1. The number of halogens is 1. The number of benzene rings is 1. The minimum Gasteiger partial charge on any atom is -0.465 e. The highest BCUT2D eigenvalue weighted by molar-refractivity contribution is 9.10. The van der Waals surface area contributed by atoms with Gasteiger partial charge in [-0.3, -0.25) is 4.79 Å². The molecule has 19 heavy (non-hydrogen) atoms. The minimum atomic E-state index is -0.456. The molecule has 0 amide bonds. The third-order valence-electron chi connectivity index (χ3n) is 2.65. The first-order chi connectivity index (χ1) is 9.10. The van der Waals surface area contributed by atoms with Crippen molar-refractivity contribution < 1.29 is 9.53 Å². The van der Waals surface area contributed by atoms with Crippen molar-refractivity contribution in [2.24, 2.45) is 0 Å². The summed E-state index contributed by atoms with van der Waals surface area (Å²) in [5.41, 5.74) is 1.17. The highest BCUT2D eigenvalue weighted by atomic mass is 79.9. The maximum Gasteiger partial charge on any atom is 0.339 e. The number of methoxy groups -OCH3 is 1. The number of hydrogen-bond acceptors (Lipinski definition) is 3. The summed E-state index contributed by atoms with van der Waals surface area (Å²) >= 11 is 3.38. The molecular formula is C14H12BrNO3. The highest BCUT2D eigenvalue weighted by Gasteiger charge is 2.07. The zero-order valence-electron chi connectivity index (χ0n) is 10.3. The third kappa shape index (κ3) is 3.32. The molecule has 5 heteroatoms. The minimum absolute atomic E-state index is 0.160. The lowest BCUT2D eigenvalue weighted by Crippen LogP contribution is -2.21. The van der Waals surface area contributed by atoms with Crippen LogP contribution in [0.1, 0.15) is 15.9 Å². The fourth-order valence-electron chi connectivity index (χ4n) is 1.73. The number of ether oxygens (including phenoxy) is 1. The number of hydrogen-bond donors (Lipinski definition) is 0. The Morgan fingerprint density at radius 2 is 2.11 bits per heavy atom. The number of aromatic nitrogens is 1. The van der Waals surface area contributed by atoms with E-state index in [0.29, 0.717) is 12.1 Å². The van der Waals surface area contributed by atoms with E-state index in [1.165, 1.54) is 30.0 Å². The molecule has 1 aromatic heterocycles. The van der Waals surface area contributed by atoms with Crippen LogP contribution in [-0.4, -0.2) is 17.6 Å². The summed E-state index contributed by atoms with van der Waals surface area (Å²) in [6.45, 7) is 0.406. The van der Waals surface area contributed by atoms with Crippen LogP contribution in [0.25, 0.3) is 0 Å². The van der Waals surface area contributed by atoms with Crippen LogP contribution in [-0.2, 0) is 11.3 Å². The number of pyridine rings is 1. The van der Waals surface area contributed by atoms with Crippen LogP contribution in [0.5, 0.6) is 0 Å². The Hall–Kier alpha value is -1.88. The van der Waals surface area contributed by atoms with Crippen LogP contribution in [0.3, 0.4) is 0 Å². The van der Waals surface area contributed by atoms with Gasteiger partial charge in [0.25, 0.3) is 5.56 Å². The van der Waals surface area contributed by atoms with Gasteiger partial charge in [0.1, 0.15) is 0 Å². The van der Waals surface area contributed by atoms with E-state index in [9.17, 15) is 9.59 Å². The van der Waals surface area contributed by atoms with Crippen LogP contribution in [0.2, 0.25) is 0 Å². The summed E-state index contributed by atoms with van der Waals surface area (Å²) in [7, 11) is 1.31. The summed E-state index contributed by atoms with van der Waals surface area (Å²) in [6.07, 6.45) is 1.51. The molecule has 0 atom stereocenters. The Morgan fingerprint density at radius 1 is 1.32 bits per heavy atom. The second-order valence-corrected chi connectivity index (χ2v) is 4.92. The number of carbonyl (C=O) groups excluding carboxylic acids is 1. The fraction of sp³-hybridized carbons (Fsp3) is 0.143. The van der Waals surface area contributed by atoms with E-state index < -0.39 is 5.97 Å². The highest BCUT2D eigenvalue weighted by Crippen LogP contribution is 2.12. The predicted octanol–water partition coefficient (Wildman–Crippen LogP) is 2.45. The van der Waals surface area contributed by atoms with E-state index in [1.54, 1.807) is 0 Å². The van der Waals surface area contributed by atoms with Crippen LogP contribution < -0.4 is 5.56 Å². The lowest BCUT2D eigenvalue weighted by Gasteiger charge is -2.08. The normalized spacial score (nSPS) is 10.2. The molecule has 0 radical (unpaired) electrons. The first kappa shape index (κ1) is 13.5. The maximum absolute atomic E-state index is 11.8. The van der Waals surface area contributed by atoms with Crippen molar-refractivity contribution in [1.29, 1.82) is 0 Å². The molecule has 2 rings (SSSR count). The van der Waals surface area contributed by atoms with Gasteiger partial charge in [0.15, 0.2) is 0 Å². The lowest BCUT2D eigenvalue weighted by molar-refractivity contribution is 0.0599. The Morgan fingerprint density at radius 3 is 2.79 bits per heavy atom. The van der Waals surface area contributed by atoms with E-state index in [4.69, 9.17) is 0 Å². The second-order valence-electron chi connectivity index (χ2n) is 4.01. The standard InChI is InChI=1S/C14H12BrNO3/c1-19-14(18)11-5-6-13(17)16(9-11)8-10-3-2-4-12(15)7-10/h2-7,9H,8H2,1H3. The zero-order chi connectivity index (χ0) is 13.8. The van der Waals surface area contributed by atoms with Gasteiger partial charge in [-0.2, -0.15) is 0 Å². The van der Waals surface area contributed by atoms with Gasteiger partial charge in [0.05, 0.1) is 19.2 Å². The van der Waals surface area contributed by atoms with Crippen molar-refractivity contribution in [2.45, 2.75) is 6.54 Å². The molecule has 0 spiro atoms. The van der Waals surface area contributed by atoms with Gasteiger partial charge < -0.3 is 9.30 Å². The van der Waals surface area contributed by atoms with Crippen LogP contribution in [0.15, 0.2) is 51.9 Å². The van der Waals surface area contributed by atoms with Gasteiger partial charge >= 0.3 is 5.97 Å². The molecule has 98 valence electrons. The van der Waals surface area contributed by atoms with Gasteiger partial charge in [-0.15, -0.1) is 0 Å². The quantitative estimate of drug-likeness (QED) is 0.816. The van der Waals surface area contributed by atoms with Crippen molar-refractivity contribution in [1.82, 2.24) is 4.57 Å². The fourth-order valence-corrected chi connectivity index (χ4v) is 2.17. The summed E-state index contributed by atoms with van der Waals surface area (Å²) in [6, 6.07) is 10.5. The molecule has 0 unspecified atom stereocenters. The number of carbonyl (C=O) groups is 1.